The molecule has 0 radical (unpaired) electrons. The van der Waals surface area contributed by atoms with Crippen molar-refractivity contribution >= 4 is 33.4 Å². The Labute approximate surface area is 144 Å². The van der Waals surface area contributed by atoms with Gasteiger partial charge in [0.25, 0.3) is 0 Å². The summed E-state index contributed by atoms with van der Waals surface area (Å²) in [4.78, 5) is 25.8. The van der Waals surface area contributed by atoms with Crippen LogP contribution in [0, 0.1) is 11.3 Å². The zero-order chi connectivity index (χ0) is 16.7. The Balaban J connectivity index is 1.41. The van der Waals surface area contributed by atoms with Crippen molar-refractivity contribution in [3.8, 4) is 0 Å². The molecule has 126 valence electrons. The number of carboxylic acid groups (broad SMARTS) is 1. The van der Waals surface area contributed by atoms with Crippen LogP contribution in [0.25, 0.3) is 10.1 Å². The lowest BCUT2D eigenvalue weighted by Gasteiger charge is -2.23. The number of rotatable bonds is 3. The second-order valence-electron chi connectivity index (χ2n) is 6.88. The molecular weight excluding hydrogens is 324 g/mol. The second-order valence-corrected chi connectivity index (χ2v) is 7.83. The quantitative estimate of drug-likeness (QED) is 0.897. The molecule has 1 aromatic carbocycles. The summed E-state index contributed by atoms with van der Waals surface area (Å²) in [6.07, 6.45) is 2.55. The fourth-order valence-electron chi connectivity index (χ4n) is 4.21. The Bertz CT molecular complexity index is 802. The smallest absolute Gasteiger partial charge is 0.317 e. The molecule has 2 heterocycles. The zero-order valence-corrected chi connectivity index (χ0v) is 14.1. The van der Waals surface area contributed by atoms with Crippen molar-refractivity contribution in [3.05, 3.63) is 35.2 Å². The van der Waals surface area contributed by atoms with E-state index in [4.69, 9.17) is 0 Å². The molecule has 0 spiro atoms. The largest absolute Gasteiger partial charge is 0.481 e. The van der Waals surface area contributed by atoms with Crippen LogP contribution >= 0.6 is 11.3 Å². The molecule has 1 aliphatic heterocycles. The first kappa shape index (κ1) is 15.4. The summed E-state index contributed by atoms with van der Waals surface area (Å²) in [5, 5.41) is 15.8. The van der Waals surface area contributed by atoms with Crippen molar-refractivity contribution < 1.29 is 14.7 Å². The molecule has 5 nitrogen and oxygen atoms in total. The summed E-state index contributed by atoms with van der Waals surface area (Å²) in [6, 6.07) is 8.10. The highest BCUT2D eigenvalue weighted by Crippen LogP contribution is 2.48. The van der Waals surface area contributed by atoms with Crippen molar-refractivity contribution in [1.82, 2.24) is 10.2 Å². The minimum absolute atomic E-state index is 0.0999. The minimum Gasteiger partial charge on any atom is -0.481 e. The zero-order valence-electron chi connectivity index (χ0n) is 13.3. The number of likely N-dealkylation sites (tertiary alicyclic amines) is 1. The molecule has 1 aliphatic carbocycles. The number of aliphatic carboxylic acids is 1. The highest BCUT2D eigenvalue weighted by molar-refractivity contribution is 7.17. The highest BCUT2D eigenvalue weighted by Gasteiger charge is 2.55. The number of nitrogens with zero attached hydrogens (tertiary/aromatic N) is 1. The third-order valence-corrected chi connectivity index (χ3v) is 6.44. The molecule has 2 aliphatic rings. The van der Waals surface area contributed by atoms with Gasteiger partial charge < -0.3 is 15.3 Å². The second kappa shape index (κ2) is 5.77. The summed E-state index contributed by atoms with van der Waals surface area (Å²) in [5.74, 6) is -0.647. The van der Waals surface area contributed by atoms with Gasteiger partial charge in [0.05, 0.1) is 5.41 Å². The lowest BCUT2D eigenvalue weighted by molar-refractivity contribution is -0.149. The van der Waals surface area contributed by atoms with Crippen LogP contribution in [0.4, 0.5) is 4.79 Å². The molecule has 2 amide bonds. The number of carboxylic acids is 1. The van der Waals surface area contributed by atoms with E-state index in [1.54, 1.807) is 16.2 Å². The molecule has 1 aromatic heterocycles. The van der Waals surface area contributed by atoms with Gasteiger partial charge in [0, 0.05) is 24.3 Å². The highest BCUT2D eigenvalue weighted by atomic mass is 32.1. The summed E-state index contributed by atoms with van der Waals surface area (Å²) in [7, 11) is 0. The normalized spacial score (nSPS) is 25.8. The fraction of sp³-hybridized carbons (Fsp3) is 0.444. The van der Waals surface area contributed by atoms with E-state index in [0.29, 0.717) is 26.1 Å². The Morgan fingerprint density at radius 2 is 2.25 bits per heavy atom. The molecule has 2 N–H and O–H groups in total. The maximum atomic E-state index is 12.5. The summed E-state index contributed by atoms with van der Waals surface area (Å²) >= 11 is 1.70. The number of benzene rings is 1. The van der Waals surface area contributed by atoms with Crippen LogP contribution in [0.3, 0.4) is 0 Å². The Hall–Kier alpha value is -2.08. The van der Waals surface area contributed by atoms with E-state index >= 15 is 0 Å². The average Bonchev–Trinajstić information content (AvgIpc) is 3.25. The summed E-state index contributed by atoms with van der Waals surface area (Å²) < 4.78 is 1.24. The van der Waals surface area contributed by atoms with Crippen molar-refractivity contribution in [2.45, 2.75) is 25.8 Å². The van der Waals surface area contributed by atoms with Gasteiger partial charge in [-0.3, -0.25) is 4.79 Å². The number of hydrogen-bond donors (Lipinski definition) is 2. The maximum absolute atomic E-state index is 12.5. The molecule has 2 aromatic rings. The molecule has 1 saturated heterocycles. The monoisotopic (exact) mass is 344 g/mol. The van der Waals surface area contributed by atoms with Gasteiger partial charge in [-0.05, 0) is 53.3 Å². The molecule has 6 heteroatoms. The van der Waals surface area contributed by atoms with E-state index in [9.17, 15) is 14.7 Å². The maximum Gasteiger partial charge on any atom is 0.317 e. The predicted octanol–water partition coefficient (Wildman–Crippen LogP) is 3.30. The van der Waals surface area contributed by atoms with E-state index in [-0.39, 0.29) is 11.9 Å². The van der Waals surface area contributed by atoms with Crippen LogP contribution in [0.2, 0.25) is 0 Å². The topological polar surface area (TPSA) is 69.6 Å². The van der Waals surface area contributed by atoms with Crippen LogP contribution in [-0.2, 0) is 11.3 Å². The van der Waals surface area contributed by atoms with Crippen molar-refractivity contribution in [2.75, 3.05) is 13.1 Å². The number of carbonyl (C=O) groups excluding carboxylic acids is 1. The molecule has 2 fully saturated rings. The molecule has 2 atom stereocenters. The Morgan fingerprint density at radius 3 is 3.04 bits per heavy atom. The van der Waals surface area contributed by atoms with E-state index in [2.05, 4.69) is 28.9 Å². The molecule has 24 heavy (non-hydrogen) atoms. The number of amides is 2. The van der Waals surface area contributed by atoms with Gasteiger partial charge in [0.2, 0.25) is 0 Å². The van der Waals surface area contributed by atoms with Gasteiger partial charge >= 0.3 is 12.0 Å². The van der Waals surface area contributed by atoms with E-state index < -0.39 is 11.4 Å². The van der Waals surface area contributed by atoms with E-state index in [1.165, 1.54) is 10.1 Å². The average molecular weight is 344 g/mol. The lowest BCUT2D eigenvalue weighted by atomic mass is 9.81. The SMILES string of the molecule is O=C(NCc1ccc2sccc2c1)N1C[C@@H]2CCC[C@@]2(C(=O)O)C1. The summed E-state index contributed by atoms with van der Waals surface area (Å²) in [6.45, 7) is 1.36. The van der Waals surface area contributed by atoms with Gasteiger partial charge in [-0.1, -0.05) is 12.5 Å². The number of thiophene rings is 1. The van der Waals surface area contributed by atoms with Gasteiger partial charge in [-0.25, -0.2) is 4.79 Å². The number of hydrogen-bond acceptors (Lipinski definition) is 3. The first-order valence-electron chi connectivity index (χ1n) is 8.31. The minimum atomic E-state index is -0.747. The van der Waals surface area contributed by atoms with E-state index in [0.717, 1.165) is 18.4 Å². The third kappa shape index (κ3) is 2.45. The third-order valence-electron chi connectivity index (χ3n) is 5.54. The molecule has 0 bridgehead atoms. The van der Waals surface area contributed by atoms with E-state index in [1.807, 2.05) is 6.07 Å². The number of nitrogens with one attached hydrogen (secondary N) is 1. The fourth-order valence-corrected chi connectivity index (χ4v) is 4.98. The van der Waals surface area contributed by atoms with Gasteiger partial charge in [-0.15, -0.1) is 11.3 Å². The van der Waals surface area contributed by atoms with Crippen LogP contribution < -0.4 is 5.32 Å². The molecular formula is C18H20N2O3S. The van der Waals surface area contributed by atoms with Crippen molar-refractivity contribution in [1.29, 1.82) is 0 Å². The van der Waals surface area contributed by atoms with Crippen LogP contribution in [0.1, 0.15) is 24.8 Å². The van der Waals surface area contributed by atoms with Gasteiger partial charge in [0.15, 0.2) is 0 Å². The van der Waals surface area contributed by atoms with Crippen LogP contribution in [0.5, 0.6) is 0 Å². The number of urea groups is 1. The number of fused-ring (bicyclic) bond motifs is 2. The van der Waals surface area contributed by atoms with Crippen molar-refractivity contribution in [3.63, 3.8) is 0 Å². The first-order chi connectivity index (χ1) is 11.6. The molecule has 0 unspecified atom stereocenters. The van der Waals surface area contributed by atoms with Crippen LogP contribution in [0.15, 0.2) is 29.6 Å². The van der Waals surface area contributed by atoms with Crippen LogP contribution in [-0.4, -0.2) is 35.1 Å². The standard InChI is InChI=1S/C18H20N2O3S/c21-16(22)18-6-1-2-14(18)10-20(11-18)17(23)19-9-12-3-4-15-13(8-12)5-7-24-15/h3-5,7-8,14H,1-2,6,9-11H2,(H,19,23)(H,21,22)/t14-,18+/m0/s1. The van der Waals surface area contributed by atoms with Crippen molar-refractivity contribution in [2.24, 2.45) is 11.3 Å². The lowest BCUT2D eigenvalue weighted by Crippen LogP contribution is -2.41. The van der Waals surface area contributed by atoms with Gasteiger partial charge in [-0.2, -0.15) is 0 Å². The Morgan fingerprint density at radius 1 is 1.38 bits per heavy atom. The predicted molar refractivity (Wildman–Crippen MR) is 93.0 cm³/mol. The first-order valence-corrected chi connectivity index (χ1v) is 9.19. The summed E-state index contributed by atoms with van der Waals surface area (Å²) in [5.41, 5.74) is 0.342. The Kier molecular flexibility index (Phi) is 3.72. The number of carbonyl (C=O) groups is 2. The molecule has 4 rings (SSSR count). The van der Waals surface area contributed by atoms with Gasteiger partial charge in [0.1, 0.15) is 0 Å². The molecule has 1 saturated carbocycles.